The third-order valence-corrected chi connectivity index (χ3v) is 4.04. The van der Waals surface area contributed by atoms with Crippen molar-refractivity contribution in [2.75, 3.05) is 26.4 Å². The summed E-state index contributed by atoms with van der Waals surface area (Å²) in [6, 6.07) is 0. The molecule has 0 bridgehead atoms. The lowest BCUT2D eigenvalue weighted by Crippen LogP contribution is -2.36. The molecule has 7 atom stereocenters. The van der Waals surface area contributed by atoms with Crippen LogP contribution in [0.15, 0.2) is 0 Å². The molecular formula is C16H30O6. The van der Waals surface area contributed by atoms with E-state index in [1.54, 1.807) is 6.92 Å². The van der Waals surface area contributed by atoms with Crippen LogP contribution in [0.25, 0.3) is 0 Å². The normalized spacial score (nSPS) is 35.3. The molecule has 0 radical (unpaired) electrons. The van der Waals surface area contributed by atoms with Crippen molar-refractivity contribution in [1.29, 1.82) is 0 Å². The lowest BCUT2D eigenvalue weighted by atomic mass is 10.1. The molecule has 2 saturated heterocycles. The summed E-state index contributed by atoms with van der Waals surface area (Å²) in [6.45, 7) is 9.85. The van der Waals surface area contributed by atoms with Crippen molar-refractivity contribution in [2.24, 2.45) is 0 Å². The molecule has 2 rings (SSSR count). The molecule has 0 aromatic carbocycles. The van der Waals surface area contributed by atoms with E-state index in [4.69, 9.17) is 23.7 Å². The zero-order valence-electron chi connectivity index (χ0n) is 14.1. The molecule has 2 aliphatic rings. The summed E-state index contributed by atoms with van der Waals surface area (Å²) in [6.07, 6.45) is 0.292. The minimum absolute atomic E-state index is 0.0611. The van der Waals surface area contributed by atoms with E-state index in [0.29, 0.717) is 19.8 Å². The van der Waals surface area contributed by atoms with Crippen molar-refractivity contribution in [3.05, 3.63) is 0 Å². The predicted octanol–water partition coefficient (Wildman–Crippen LogP) is 1.14. The Morgan fingerprint density at radius 2 is 1.68 bits per heavy atom. The van der Waals surface area contributed by atoms with E-state index in [9.17, 15) is 5.11 Å². The zero-order chi connectivity index (χ0) is 16.1. The smallest absolute Gasteiger partial charge is 0.115 e. The van der Waals surface area contributed by atoms with E-state index in [-0.39, 0.29) is 36.6 Å². The Hall–Kier alpha value is -0.240. The van der Waals surface area contributed by atoms with E-state index in [1.807, 2.05) is 6.92 Å². The van der Waals surface area contributed by atoms with Gasteiger partial charge in [0.1, 0.15) is 24.4 Å². The molecule has 0 aliphatic carbocycles. The second-order valence-electron chi connectivity index (χ2n) is 6.30. The number of rotatable bonds is 9. The highest BCUT2D eigenvalue weighted by atomic mass is 16.6. The first-order chi connectivity index (χ1) is 10.5. The third-order valence-electron chi connectivity index (χ3n) is 4.04. The molecule has 0 saturated carbocycles. The van der Waals surface area contributed by atoms with Gasteiger partial charge in [0.05, 0.1) is 38.1 Å². The SMILES string of the molecule is CCOC(C)CC(C)OC1COC2C(OCC(C)O)COC12. The van der Waals surface area contributed by atoms with Crippen molar-refractivity contribution >= 4 is 0 Å². The molecule has 2 fully saturated rings. The Morgan fingerprint density at radius 3 is 2.32 bits per heavy atom. The molecule has 130 valence electrons. The van der Waals surface area contributed by atoms with Crippen LogP contribution in [0.3, 0.4) is 0 Å². The van der Waals surface area contributed by atoms with E-state index < -0.39 is 6.10 Å². The molecule has 6 heteroatoms. The number of ether oxygens (including phenoxy) is 5. The fraction of sp³-hybridized carbons (Fsp3) is 1.00. The predicted molar refractivity (Wildman–Crippen MR) is 80.9 cm³/mol. The Labute approximate surface area is 133 Å². The lowest BCUT2D eigenvalue weighted by molar-refractivity contribution is -0.0871. The molecule has 2 heterocycles. The maximum Gasteiger partial charge on any atom is 0.115 e. The maximum absolute atomic E-state index is 9.31. The van der Waals surface area contributed by atoms with Gasteiger partial charge in [-0.15, -0.1) is 0 Å². The van der Waals surface area contributed by atoms with E-state index in [0.717, 1.165) is 13.0 Å². The highest BCUT2D eigenvalue weighted by Gasteiger charge is 2.49. The summed E-state index contributed by atoms with van der Waals surface area (Å²) in [7, 11) is 0. The fourth-order valence-corrected chi connectivity index (χ4v) is 3.13. The molecule has 1 N–H and O–H groups in total. The monoisotopic (exact) mass is 318 g/mol. The van der Waals surface area contributed by atoms with E-state index in [1.165, 1.54) is 0 Å². The molecule has 2 aliphatic heterocycles. The zero-order valence-corrected chi connectivity index (χ0v) is 14.1. The van der Waals surface area contributed by atoms with Crippen LogP contribution >= 0.6 is 0 Å². The van der Waals surface area contributed by atoms with Crippen molar-refractivity contribution in [3.63, 3.8) is 0 Å². The number of fused-ring (bicyclic) bond motifs is 1. The summed E-state index contributed by atoms with van der Waals surface area (Å²) >= 11 is 0. The van der Waals surface area contributed by atoms with Crippen LogP contribution in [-0.4, -0.2) is 74.3 Å². The van der Waals surface area contributed by atoms with Gasteiger partial charge < -0.3 is 28.8 Å². The topological polar surface area (TPSA) is 66.4 Å². The average Bonchev–Trinajstić information content (AvgIpc) is 3.00. The van der Waals surface area contributed by atoms with Crippen molar-refractivity contribution in [3.8, 4) is 0 Å². The quantitative estimate of drug-likeness (QED) is 0.688. The minimum atomic E-state index is -0.479. The van der Waals surface area contributed by atoms with Crippen molar-refractivity contribution in [1.82, 2.24) is 0 Å². The van der Waals surface area contributed by atoms with Gasteiger partial charge in [0.25, 0.3) is 0 Å². The van der Waals surface area contributed by atoms with Gasteiger partial charge >= 0.3 is 0 Å². The molecule has 0 amide bonds. The summed E-state index contributed by atoms with van der Waals surface area (Å²) in [5, 5.41) is 9.31. The first kappa shape index (κ1) is 18.1. The van der Waals surface area contributed by atoms with Crippen LogP contribution in [0.5, 0.6) is 0 Å². The largest absolute Gasteiger partial charge is 0.391 e. The summed E-state index contributed by atoms with van der Waals surface area (Å²) < 4.78 is 28.9. The molecule has 6 nitrogen and oxygen atoms in total. The van der Waals surface area contributed by atoms with Crippen LogP contribution in [0.4, 0.5) is 0 Å². The molecule has 0 spiro atoms. The summed E-state index contributed by atoms with van der Waals surface area (Å²) in [4.78, 5) is 0. The van der Waals surface area contributed by atoms with Crippen LogP contribution in [0, 0.1) is 0 Å². The molecule has 22 heavy (non-hydrogen) atoms. The second kappa shape index (κ2) is 8.57. The molecule has 7 unspecified atom stereocenters. The Kier molecular flexibility index (Phi) is 7.05. The standard InChI is InChI=1S/C16H30O6/c1-5-18-11(3)6-12(4)22-14-9-21-15-13(8-20-16(14)15)19-7-10(2)17/h10-17H,5-9H2,1-4H3. The minimum Gasteiger partial charge on any atom is -0.391 e. The van der Waals surface area contributed by atoms with Crippen LogP contribution < -0.4 is 0 Å². The first-order valence-electron chi connectivity index (χ1n) is 8.31. The molecular weight excluding hydrogens is 288 g/mol. The fourth-order valence-electron chi connectivity index (χ4n) is 3.13. The van der Waals surface area contributed by atoms with E-state index in [2.05, 4.69) is 13.8 Å². The van der Waals surface area contributed by atoms with Gasteiger partial charge in [0.2, 0.25) is 0 Å². The van der Waals surface area contributed by atoms with Gasteiger partial charge in [-0.2, -0.15) is 0 Å². The van der Waals surface area contributed by atoms with Gasteiger partial charge in [-0.25, -0.2) is 0 Å². The van der Waals surface area contributed by atoms with Crippen molar-refractivity contribution in [2.45, 2.75) is 76.8 Å². The highest BCUT2D eigenvalue weighted by Crippen LogP contribution is 2.31. The van der Waals surface area contributed by atoms with Gasteiger partial charge in [-0.05, 0) is 34.1 Å². The number of hydrogen-bond donors (Lipinski definition) is 1. The first-order valence-corrected chi connectivity index (χ1v) is 8.31. The van der Waals surface area contributed by atoms with Gasteiger partial charge in [0.15, 0.2) is 0 Å². The van der Waals surface area contributed by atoms with Crippen LogP contribution in [0.2, 0.25) is 0 Å². The Bertz CT molecular complexity index is 324. The third kappa shape index (κ3) is 4.88. The van der Waals surface area contributed by atoms with Gasteiger partial charge in [-0.1, -0.05) is 0 Å². The Morgan fingerprint density at radius 1 is 1.05 bits per heavy atom. The Balaban J connectivity index is 1.76. The molecule has 0 aromatic rings. The van der Waals surface area contributed by atoms with Gasteiger partial charge in [-0.3, -0.25) is 0 Å². The van der Waals surface area contributed by atoms with Crippen LogP contribution in [-0.2, 0) is 23.7 Å². The number of hydrogen-bond acceptors (Lipinski definition) is 6. The van der Waals surface area contributed by atoms with Crippen LogP contribution in [0.1, 0.15) is 34.1 Å². The summed E-state index contributed by atoms with van der Waals surface area (Å²) in [5.41, 5.74) is 0. The number of aliphatic hydroxyl groups is 1. The van der Waals surface area contributed by atoms with Gasteiger partial charge in [0, 0.05) is 6.61 Å². The summed E-state index contributed by atoms with van der Waals surface area (Å²) in [5.74, 6) is 0. The lowest BCUT2D eigenvalue weighted by Gasteiger charge is -2.23. The number of aliphatic hydroxyl groups excluding tert-OH is 1. The second-order valence-corrected chi connectivity index (χ2v) is 6.30. The average molecular weight is 318 g/mol. The van der Waals surface area contributed by atoms with Crippen molar-refractivity contribution < 1.29 is 28.8 Å². The maximum atomic E-state index is 9.31. The highest BCUT2D eigenvalue weighted by molar-refractivity contribution is 4.96. The van der Waals surface area contributed by atoms with E-state index >= 15 is 0 Å². The molecule has 0 aromatic heterocycles.